The molecule has 0 aliphatic heterocycles. The third-order valence-corrected chi connectivity index (χ3v) is 3.71. The molecule has 0 atom stereocenters. The van der Waals surface area contributed by atoms with Gasteiger partial charge in [-0.3, -0.25) is 14.9 Å². The first-order chi connectivity index (χ1) is 13.3. The summed E-state index contributed by atoms with van der Waals surface area (Å²) >= 11 is 0. The van der Waals surface area contributed by atoms with E-state index >= 15 is 0 Å². The summed E-state index contributed by atoms with van der Waals surface area (Å²) in [7, 11) is 2.95. The zero-order valence-corrected chi connectivity index (χ0v) is 15.2. The Balaban J connectivity index is 2.21. The molecule has 0 aliphatic carbocycles. The van der Waals surface area contributed by atoms with E-state index in [9.17, 15) is 19.7 Å². The zero-order chi connectivity index (χ0) is 20.7. The number of rotatable bonds is 9. The molecule has 0 spiro atoms. The number of allylic oxidation sites excluding steroid dienone is 1. The molecular weight excluding hydrogens is 368 g/mol. The summed E-state index contributed by atoms with van der Waals surface area (Å²) in [5, 5.41) is 22.5. The maximum absolute atomic E-state index is 12.4. The number of anilines is 1. The van der Waals surface area contributed by atoms with Crippen molar-refractivity contribution >= 4 is 29.2 Å². The molecule has 0 unspecified atom stereocenters. The van der Waals surface area contributed by atoms with Crippen molar-refractivity contribution in [2.24, 2.45) is 0 Å². The van der Waals surface area contributed by atoms with Crippen LogP contribution < -0.4 is 14.8 Å². The molecule has 0 bridgehead atoms. The highest BCUT2D eigenvalue weighted by Crippen LogP contribution is 2.29. The fraction of sp³-hybridized carbons (Fsp3) is 0.158. The molecule has 0 saturated carbocycles. The van der Waals surface area contributed by atoms with Gasteiger partial charge in [-0.2, -0.15) is 0 Å². The largest absolute Gasteiger partial charge is 0.493 e. The van der Waals surface area contributed by atoms with Gasteiger partial charge in [0.15, 0.2) is 23.9 Å². The van der Waals surface area contributed by atoms with Gasteiger partial charge >= 0.3 is 5.97 Å². The highest BCUT2D eigenvalue weighted by Gasteiger charge is 2.13. The third-order valence-electron chi connectivity index (χ3n) is 3.71. The van der Waals surface area contributed by atoms with Crippen LogP contribution in [0, 0.1) is 10.1 Å². The Kier molecular flexibility index (Phi) is 6.69. The van der Waals surface area contributed by atoms with Crippen molar-refractivity contribution in [2.75, 3.05) is 26.1 Å². The van der Waals surface area contributed by atoms with Gasteiger partial charge in [-0.05, 0) is 35.9 Å². The Morgan fingerprint density at radius 1 is 1.21 bits per heavy atom. The molecule has 0 radical (unpaired) electrons. The number of carboxylic acids is 1. The number of carboxylic acid groups (broad SMARTS) is 1. The molecule has 0 aromatic heterocycles. The SMILES string of the molecule is CNc1ccc(/C=C/C(=O)c2ccc(OCC(=O)O)c(OC)c2)cc1[N+](=O)[O-]. The zero-order valence-electron chi connectivity index (χ0n) is 15.2. The van der Waals surface area contributed by atoms with Crippen LogP contribution in [0.2, 0.25) is 0 Å². The van der Waals surface area contributed by atoms with E-state index in [0.717, 1.165) is 0 Å². The number of methoxy groups -OCH3 is 1. The van der Waals surface area contributed by atoms with Crippen molar-refractivity contribution in [2.45, 2.75) is 0 Å². The Hall–Kier alpha value is -3.88. The smallest absolute Gasteiger partial charge is 0.341 e. The summed E-state index contributed by atoms with van der Waals surface area (Å²) < 4.78 is 10.2. The number of hydrogen-bond acceptors (Lipinski definition) is 7. The highest BCUT2D eigenvalue weighted by atomic mass is 16.6. The first-order valence-electron chi connectivity index (χ1n) is 8.07. The number of nitrogens with zero attached hydrogens (tertiary/aromatic N) is 1. The normalized spacial score (nSPS) is 10.5. The Morgan fingerprint density at radius 2 is 1.96 bits per heavy atom. The molecule has 2 aromatic carbocycles. The van der Waals surface area contributed by atoms with Gasteiger partial charge in [0.1, 0.15) is 5.69 Å². The quantitative estimate of drug-likeness (QED) is 0.291. The van der Waals surface area contributed by atoms with Gasteiger partial charge in [0, 0.05) is 18.7 Å². The summed E-state index contributed by atoms with van der Waals surface area (Å²) in [6, 6.07) is 8.90. The number of aliphatic carboxylic acids is 1. The lowest BCUT2D eigenvalue weighted by Gasteiger charge is -2.10. The minimum absolute atomic E-state index is 0.0984. The van der Waals surface area contributed by atoms with Gasteiger partial charge < -0.3 is 19.9 Å². The first kappa shape index (κ1) is 20.4. The molecule has 2 N–H and O–H groups in total. The van der Waals surface area contributed by atoms with Crippen LogP contribution in [0.1, 0.15) is 15.9 Å². The lowest BCUT2D eigenvalue weighted by Crippen LogP contribution is -2.10. The number of nitrogens with one attached hydrogen (secondary N) is 1. The first-order valence-corrected chi connectivity index (χ1v) is 8.07. The van der Waals surface area contributed by atoms with E-state index in [1.165, 1.54) is 43.5 Å². The predicted octanol–water partition coefficient (Wildman–Crippen LogP) is 3.00. The molecule has 2 aromatic rings. The monoisotopic (exact) mass is 386 g/mol. The molecule has 28 heavy (non-hydrogen) atoms. The van der Waals surface area contributed by atoms with E-state index in [4.69, 9.17) is 14.6 Å². The Labute approximate surface area is 160 Å². The number of ketones is 1. The molecule has 9 nitrogen and oxygen atoms in total. The number of carbonyl (C=O) groups excluding carboxylic acids is 1. The molecule has 0 aliphatic rings. The van der Waals surface area contributed by atoms with Crippen LogP contribution in [0.3, 0.4) is 0 Å². The lowest BCUT2D eigenvalue weighted by atomic mass is 10.1. The van der Waals surface area contributed by atoms with Crippen molar-refractivity contribution < 1.29 is 29.1 Å². The topological polar surface area (TPSA) is 128 Å². The number of nitro groups is 1. The molecular formula is C19H18N2O7. The fourth-order valence-corrected chi connectivity index (χ4v) is 2.36. The maximum Gasteiger partial charge on any atom is 0.341 e. The summed E-state index contributed by atoms with van der Waals surface area (Å²) in [5.74, 6) is -1.08. The third kappa shape index (κ3) is 5.07. The standard InChI is InChI=1S/C19H18N2O7/c1-20-14-6-3-12(9-15(14)21(25)26)4-7-16(22)13-5-8-17(18(10-13)27-2)28-11-19(23)24/h3-10,20H,11H2,1-2H3,(H,23,24)/b7-4+. The van der Waals surface area contributed by atoms with Gasteiger partial charge in [0.25, 0.3) is 5.69 Å². The minimum atomic E-state index is -1.14. The second kappa shape index (κ2) is 9.17. The second-order valence-electron chi connectivity index (χ2n) is 5.53. The Morgan fingerprint density at radius 3 is 2.57 bits per heavy atom. The summed E-state index contributed by atoms with van der Waals surface area (Å²) in [6.07, 6.45) is 2.75. The van der Waals surface area contributed by atoms with E-state index in [-0.39, 0.29) is 28.5 Å². The van der Waals surface area contributed by atoms with Crippen LogP contribution in [-0.4, -0.2) is 42.5 Å². The summed E-state index contributed by atoms with van der Waals surface area (Å²) in [6.45, 7) is -0.537. The number of hydrogen-bond donors (Lipinski definition) is 2. The van der Waals surface area contributed by atoms with Crippen molar-refractivity contribution in [3.8, 4) is 11.5 Å². The van der Waals surface area contributed by atoms with Crippen molar-refractivity contribution in [3.63, 3.8) is 0 Å². The molecule has 0 saturated heterocycles. The molecule has 0 amide bonds. The molecule has 0 fully saturated rings. The number of benzene rings is 2. The highest BCUT2D eigenvalue weighted by molar-refractivity contribution is 6.07. The lowest BCUT2D eigenvalue weighted by molar-refractivity contribution is -0.384. The summed E-state index contributed by atoms with van der Waals surface area (Å²) in [4.78, 5) is 33.6. The van der Waals surface area contributed by atoms with Crippen LogP contribution in [0.25, 0.3) is 6.08 Å². The number of ether oxygens (including phenoxy) is 2. The van der Waals surface area contributed by atoms with E-state index < -0.39 is 17.5 Å². The van der Waals surface area contributed by atoms with Crippen molar-refractivity contribution in [1.82, 2.24) is 0 Å². The number of nitro benzene ring substituents is 1. The average Bonchev–Trinajstić information content (AvgIpc) is 2.69. The second-order valence-corrected chi connectivity index (χ2v) is 5.53. The maximum atomic E-state index is 12.4. The molecule has 146 valence electrons. The Bertz CT molecular complexity index is 938. The molecule has 2 rings (SSSR count). The van der Waals surface area contributed by atoms with Crippen LogP contribution in [-0.2, 0) is 4.79 Å². The number of carbonyl (C=O) groups is 2. The van der Waals surface area contributed by atoms with Crippen LogP contribution in [0.15, 0.2) is 42.5 Å². The van der Waals surface area contributed by atoms with Gasteiger partial charge in [-0.15, -0.1) is 0 Å². The van der Waals surface area contributed by atoms with E-state index in [2.05, 4.69) is 5.32 Å². The van der Waals surface area contributed by atoms with Gasteiger partial charge in [-0.1, -0.05) is 12.1 Å². The fourth-order valence-electron chi connectivity index (χ4n) is 2.36. The van der Waals surface area contributed by atoms with Crippen molar-refractivity contribution in [3.05, 3.63) is 63.7 Å². The van der Waals surface area contributed by atoms with E-state index in [1.54, 1.807) is 19.2 Å². The van der Waals surface area contributed by atoms with E-state index in [0.29, 0.717) is 11.3 Å². The van der Waals surface area contributed by atoms with Gasteiger partial charge in [0.2, 0.25) is 0 Å². The summed E-state index contributed by atoms with van der Waals surface area (Å²) in [5.41, 5.74) is 1.05. The average molecular weight is 386 g/mol. The molecule has 0 heterocycles. The van der Waals surface area contributed by atoms with Crippen molar-refractivity contribution in [1.29, 1.82) is 0 Å². The molecule has 9 heteroatoms. The van der Waals surface area contributed by atoms with Crippen LogP contribution in [0.5, 0.6) is 11.5 Å². The van der Waals surface area contributed by atoms with Crippen LogP contribution in [0.4, 0.5) is 11.4 Å². The van der Waals surface area contributed by atoms with E-state index in [1.807, 2.05) is 0 Å². The van der Waals surface area contributed by atoms with Gasteiger partial charge in [-0.25, -0.2) is 4.79 Å². The van der Waals surface area contributed by atoms with Crippen LogP contribution >= 0.6 is 0 Å². The predicted molar refractivity (Wildman–Crippen MR) is 102 cm³/mol. The minimum Gasteiger partial charge on any atom is -0.493 e. The van der Waals surface area contributed by atoms with Gasteiger partial charge in [0.05, 0.1) is 12.0 Å².